The second kappa shape index (κ2) is 8.08. The quantitative estimate of drug-likeness (QED) is 0.788. The molecule has 1 aliphatic rings. The minimum atomic E-state index is 0.0139. The molecule has 24 heavy (non-hydrogen) atoms. The number of aromatic amines is 1. The second-order valence-corrected chi connectivity index (χ2v) is 5.90. The van der Waals surface area contributed by atoms with Crippen molar-refractivity contribution in [3.8, 4) is 0 Å². The molecule has 6 heteroatoms. The van der Waals surface area contributed by atoms with E-state index in [4.69, 9.17) is 9.47 Å². The van der Waals surface area contributed by atoms with Gasteiger partial charge >= 0.3 is 0 Å². The number of H-pyrrole nitrogens is 1. The van der Waals surface area contributed by atoms with Crippen LogP contribution in [0.5, 0.6) is 0 Å². The topological polar surface area (TPSA) is 67.5 Å². The number of nitrogens with one attached hydrogen (secondary N) is 1. The minimum Gasteiger partial charge on any atom is -0.382 e. The van der Waals surface area contributed by atoms with Crippen LogP contribution in [0.2, 0.25) is 0 Å². The molecule has 1 amide bonds. The number of methoxy groups -OCH3 is 1. The van der Waals surface area contributed by atoms with E-state index < -0.39 is 0 Å². The summed E-state index contributed by atoms with van der Waals surface area (Å²) in [5, 5.41) is 0. The van der Waals surface area contributed by atoms with Crippen LogP contribution in [0.15, 0.2) is 42.9 Å². The highest BCUT2D eigenvalue weighted by molar-refractivity contribution is 5.92. The Bertz CT molecular complexity index is 630. The molecule has 2 aromatic heterocycles. The summed E-state index contributed by atoms with van der Waals surface area (Å²) in [5.41, 5.74) is 1.77. The molecule has 0 bridgehead atoms. The van der Waals surface area contributed by atoms with Gasteiger partial charge in [-0.05, 0) is 42.7 Å². The van der Waals surface area contributed by atoms with Crippen LogP contribution >= 0.6 is 0 Å². The molecular weight excluding hydrogens is 306 g/mol. The molecule has 1 fully saturated rings. The number of likely N-dealkylation sites (tertiary alicyclic amines) is 1. The van der Waals surface area contributed by atoms with Crippen molar-refractivity contribution < 1.29 is 14.3 Å². The Balaban J connectivity index is 1.75. The Hall–Kier alpha value is -2.18. The van der Waals surface area contributed by atoms with Crippen LogP contribution < -0.4 is 0 Å². The lowest BCUT2D eigenvalue weighted by Gasteiger charge is -2.28. The number of rotatable bonds is 7. The van der Waals surface area contributed by atoms with E-state index in [1.807, 2.05) is 29.2 Å². The summed E-state index contributed by atoms with van der Waals surface area (Å²) in [4.78, 5) is 21.8. The molecule has 2 aromatic rings. The fourth-order valence-electron chi connectivity index (χ4n) is 3.17. The largest absolute Gasteiger partial charge is 0.382 e. The standard InChI is InChI=1S/C18H23N3O3/c1-23-11-12-24-17-6-10-21(18(22)15-3-2-7-20-15)16(17)13-14-4-8-19-9-5-14/h2-5,7-9,16-17,20H,6,10-13H2,1H3/t16-,17-/m0/s1. The van der Waals surface area contributed by atoms with Gasteiger partial charge in [-0.1, -0.05) is 0 Å². The molecule has 0 saturated carbocycles. The number of ether oxygens (including phenoxy) is 2. The van der Waals surface area contributed by atoms with Crippen molar-refractivity contribution in [2.75, 3.05) is 26.9 Å². The van der Waals surface area contributed by atoms with E-state index in [1.54, 1.807) is 25.7 Å². The Morgan fingerprint density at radius 1 is 1.33 bits per heavy atom. The van der Waals surface area contributed by atoms with E-state index in [0.29, 0.717) is 25.5 Å². The van der Waals surface area contributed by atoms with Crippen LogP contribution in [0.1, 0.15) is 22.5 Å². The van der Waals surface area contributed by atoms with Gasteiger partial charge < -0.3 is 19.4 Å². The maximum atomic E-state index is 12.8. The van der Waals surface area contributed by atoms with Gasteiger partial charge in [-0.15, -0.1) is 0 Å². The van der Waals surface area contributed by atoms with Crippen molar-refractivity contribution in [2.45, 2.75) is 25.0 Å². The third-order valence-corrected chi connectivity index (χ3v) is 4.39. The minimum absolute atomic E-state index is 0.0139. The molecule has 2 atom stereocenters. The van der Waals surface area contributed by atoms with Gasteiger partial charge in [0.1, 0.15) is 5.69 Å². The Morgan fingerprint density at radius 2 is 2.17 bits per heavy atom. The normalized spacial score (nSPS) is 20.5. The van der Waals surface area contributed by atoms with E-state index in [1.165, 1.54) is 0 Å². The van der Waals surface area contributed by atoms with E-state index in [0.717, 1.165) is 18.4 Å². The van der Waals surface area contributed by atoms with Crippen molar-refractivity contribution in [3.63, 3.8) is 0 Å². The number of amides is 1. The highest BCUT2D eigenvalue weighted by Crippen LogP contribution is 2.26. The van der Waals surface area contributed by atoms with Crippen molar-refractivity contribution in [1.29, 1.82) is 0 Å². The van der Waals surface area contributed by atoms with Crippen LogP contribution in [0, 0.1) is 0 Å². The average molecular weight is 329 g/mol. The van der Waals surface area contributed by atoms with Crippen LogP contribution in [-0.2, 0) is 15.9 Å². The number of pyridine rings is 1. The Kier molecular flexibility index (Phi) is 5.61. The van der Waals surface area contributed by atoms with Gasteiger partial charge in [-0.3, -0.25) is 9.78 Å². The third kappa shape index (κ3) is 3.83. The smallest absolute Gasteiger partial charge is 0.270 e. The predicted molar refractivity (Wildman–Crippen MR) is 89.8 cm³/mol. The van der Waals surface area contributed by atoms with Crippen LogP contribution in [0.25, 0.3) is 0 Å². The molecule has 3 rings (SSSR count). The van der Waals surface area contributed by atoms with E-state index in [2.05, 4.69) is 9.97 Å². The van der Waals surface area contributed by atoms with Crippen molar-refractivity contribution >= 4 is 5.91 Å². The van der Waals surface area contributed by atoms with Crippen LogP contribution in [0.4, 0.5) is 0 Å². The highest BCUT2D eigenvalue weighted by atomic mass is 16.5. The number of hydrogen-bond donors (Lipinski definition) is 1. The molecular formula is C18H23N3O3. The molecule has 1 N–H and O–H groups in total. The molecule has 0 aromatic carbocycles. The fourth-order valence-corrected chi connectivity index (χ4v) is 3.17. The number of aromatic nitrogens is 2. The zero-order valence-electron chi connectivity index (χ0n) is 13.9. The average Bonchev–Trinajstić information content (AvgIpc) is 3.26. The molecule has 0 radical (unpaired) electrons. The van der Waals surface area contributed by atoms with Gasteiger partial charge in [0.2, 0.25) is 0 Å². The van der Waals surface area contributed by atoms with Crippen molar-refractivity contribution in [2.24, 2.45) is 0 Å². The first kappa shape index (κ1) is 16.7. The first-order chi connectivity index (χ1) is 11.8. The lowest BCUT2D eigenvalue weighted by atomic mass is 10.0. The molecule has 1 saturated heterocycles. The molecule has 6 nitrogen and oxygen atoms in total. The van der Waals surface area contributed by atoms with E-state index in [9.17, 15) is 4.79 Å². The van der Waals surface area contributed by atoms with Crippen molar-refractivity contribution in [1.82, 2.24) is 14.9 Å². The maximum absolute atomic E-state index is 12.8. The van der Waals surface area contributed by atoms with Gasteiger partial charge in [0, 0.05) is 32.2 Å². The first-order valence-corrected chi connectivity index (χ1v) is 8.23. The van der Waals surface area contributed by atoms with Crippen LogP contribution in [0.3, 0.4) is 0 Å². The van der Waals surface area contributed by atoms with E-state index in [-0.39, 0.29) is 18.1 Å². The summed E-state index contributed by atoms with van der Waals surface area (Å²) in [6.45, 7) is 1.80. The summed E-state index contributed by atoms with van der Waals surface area (Å²) < 4.78 is 11.1. The highest BCUT2D eigenvalue weighted by Gasteiger charge is 2.38. The SMILES string of the molecule is COCCO[C@H]1CCN(C(=O)c2ccc[nH]2)[C@H]1Cc1ccncc1. The monoisotopic (exact) mass is 329 g/mol. The van der Waals surface area contributed by atoms with Gasteiger partial charge in [-0.25, -0.2) is 0 Å². The molecule has 0 aliphatic carbocycles. The third-order valence-electron chi connectivity index (χ3n) is 4.39. The summed E-state index contributed by atoms with van der Waals surface area (Å²) >= 11 is 0. The lowest BCUT2D eigenvalue weighted by molar-refractivity contribution is 0.000425. The Morgan fingerprint density at radius 3 is 2.88 bits per heavy atom. The molecule has 3 heterocycles. The fraction of sp³-hybridized carbons (Fsp3) is 0.444. The van der Waals surface area contributed by atoms with Gasteiger partial charge in [0.25, 0.3) is 5.91 Å². The van der Waals surface area contributed by atoms with Gasteiger partial charge in [-0.2, -0.15) is 0 Å². The number of carbonyl (C=O) groups excluding carboxylic acids is 1. The summed E-state index contributed by atoms with van der Waals surface area (Å²) in [5.74, 6) is 0.0249. The first-order valence-electron chi connectivity index (χ1n) is 8.23. The zero-order valence-corrected chi connectivity index (χ0v) is 13.9. The zero-order chi connectivity index (χ0) is 16.8. The molecule has 128 valence electrons. The number of hydrogen-bond acceptors (Lipinski definition) is 4. The van der Waals surface area contributed by atoms with Crippen molar-refractivity contribution in [3.05, 3.63) is 54.1 Å². The molecule has 0 spiro atoms. The van der Waals surface area contributed by atoms with Gasteiger partial charge in [0.15, 0.2) is 0 Å². The van der Waals surface area contributed by atoms with E-state index >= 15 is 0 Å². The lowest BCUT2D eigenvalue weighted by Crippen LogP contribution is -2.42. The Labute approximate surface area is 141 Å². The van der Waals surface area contributed by atoms with Gasteiger partial charge in [0.05, 0.1) is 25.4 Å². The number of carbonyl (C=O) groups is 1. The molecule has 0 unspecified atom stereocenters. The summed E-state index contributed by atoms with van der Waals surface area (Å²) in [6, 6.07) is 7.64. The second-order valence-electron chi connectivity index (χ2n) is 5.90. The maximum Gasteiger partial charge on any atom is 0.270 e. The molecule has 1 aliphatic heterocycles. The predicted octanol–water partition coefficient (Wildman–Crippen LogP) is 1.90. The van der Waals surface area contributed by atoms with Crippen LogP contribution in [-0.4, -0.2) is 59.8 Å². The number of nitrogens with zero attached hydrogens (tertiary/aromatic N) is 2. The summed E-state index contributed by atoms with van der Waals surface area (Å²) in [6.07, 6.45) is 6.95. The summed E-state index contributed by atoms with van der Waals surface area (Å²) in [7, 11) is 1.66.